The first-order valence-corrected chi connectivity index (χ1v) is 7.09. The molecular weight excluding hydrogens is 280 g/mol. The molecule has 2 unspecified atom stereocenters. The number of esters is 2. The first-order chi connectivity index (χ1) is 9.68. The molecule has 1 fully saturated rings. The molecule has 0 aliphatic carbocycles. The van der Waals surface area contributed by atoms with E-state index in [0.717, 1.165) is 0 Å². The van der Waals surface area contributed by atoms with Gasteiger partial charge in [-0.25, -0.2) is 9.59 Å². The van der Waals surface area contributed by atoms with Crippen molar-refractivity contribution < 1.29 is 33.3 Å². The van der Waals surface area contributed by atoms with Crippen LogP contribution in [0.2, 0.25) is 0 Å². The monoisotopic (exact) mass is 304 g/mol. The summed E-state index contributed by atoms with van der Waals surface area (Å²) in [5.41, 5.74) is 0. The summed E-state index contributed by atoms with van der Waals surface area (Å²) in [7, 11) is 0. The average molecular weight is 304 g/mol. The van der Waals surface area contributed by atoms with Gasteiger partial charge in [0.15, 0.2) is 12.2 Å². The van der Waals surface area contributed by atoms with Crippen molar-refractivity contribution in [3.63, 3.8) is 0 Å². The summed E-state index contributed by atoms with van der Waals surface area (Å²) in [5, 5.41) is 0. The van der Waals surface area contributed by atoms with Crippen LogP contribution < -0.4 is 0 Å². The Bertz CT molecular complexity index is 348. The largest absolute Gasteiger partial charge is 0.461 e. The first-order valence-electron chi connectivity index (χ1n) is 7.09. The number of ether oxygens (including phenoxy) is 5. The fourth-order valence-corrected chi connectivity index (χ4v) is 1.89. The predicted octanol–water partition coefficient (Wildman–Crippen LogP) is 1.38. The molecule has 0 saturated carbocycles. The topological polar surface area (TPSA) is 80.3 Å². The minimum absolute atomic E-state index is 0.300. The maximum atomic E-state index is 12.1. The van der Waals surface area contributed by atoms with Crippen LogP contribution in [0.4, 0.5) is 0 Å². The first kappa shape index (κ1) is 17.9. The van der Waals surface area contributed by atoms with Gasteiger partial charge < -0.3 is 23.7 Å². The summed E-state index contributed by atoms with van der Waals surface area (Å²) >= 11 is 0. The Hall–Kier alpha value is -1.18. The molecule has 0 aromatic carbocycles. The maximum Gasteiger partial charge on any atom is 0.339 e. The van der Waals surface area contributed by atoms with E-state index in [-0.39, 0.29) is 12.2 Å². The van der Waals surface area contributed by atoms with Gasteiger partial charge in [-0.05, 0) is 34.6 Å². The molecule has 1 heterocycles. The van der Waals surface area contributed by atoms with Crippen LogP contribution in [0.25, 0.3) is 0 Å². The molecule has 0 radical (unpaired) electrons. The van der Waals surface area contributed by atoms with Gasteiger partial charge in [-0.3, -0.25) is 0 Å². The van der Waals surface area contributed by atoms with Gasteiger partial charge in [0.05, 0.1) is 12.2 Å². The lowest BCUT2D eigenvalue weighted by molar-refractivity contribution is -0.327. The Morgan fingerprint density at radius 1 is 1.00 bits per heavy atom. The highest BCUT2D eigenvalue weighted by Crippen LogP contribution is 2.31. The number of hydrogen-bond donors (Lipinski definition) is 0. The SMILES string of the molecule is CCOC1(C)OC(C(=O)OC(C)C)C(C(=O)OC(C)C)O1. The van der Waals surface area contributed by atoms with E-state index in [1.807, 2.05) is 0 Å². The van der Waals surface area contributed by atoms with Crippen LogP contribution in [0.3, 0.4) is 0 Å². The van der Waals surface area contributed by atoms with E-state index in [2.05, 4.69) is 0 Å². The van der Waals surface area contributed by atoms with Crippen LogP contribution >= 0.6 is 0 Å². The van der Waals surface area contributed by atoms with Crippen LogP contribution in [0.5, 0.6) is 0 Å². The van der Waals surface area contributed by atoms with E-state index in [1.54, 1.807) is 34.6 Å². The summed E-state index contributed by atoms with van der Waals surface area (Å²) in [6.45, 7) is 10.4. The molecule has 2 atom stereocenters. The lowest BCUT2D eigenvalue weighted by Gasteiger charge is -2.22. The molecular formula is C14H24O7. The van der Waals surface area contributed by atoms with Crippen molar-refractivity contribution in [2.45, 2.75) is 71.9 Å². The van der Waals surface area contributed by atoms with Gasteiger partial charge in [0.2, 0.25) is 0 Å². The zero-order valence-corrected chi connectivity index (χ0v) is 13.4. The second-order valence-corrected chi connectivity index (χ2v) is 5.34. The van der Waals surface area contributed by atoms with Gasteiger partial charge in [0, 0.05) is 13.5 Å². The van der Waals surface area contributed by atoms with E-state index in [4.69, 9.17) is 23.7 Å². The van der Waals surface area contributed by atoms with Crippen LogP contribution in [-0.2, 0) is 33.3 Å². The Balaban J connectivity index is 2.88. The minimum Gasteiger partial charge on any atom is -0.461 e. The summed E-state index contributed by atoms with van der Waals surface area (Å²) < 4.78 is 26.4. The standard InChI is InChI=1S/C14H24O7/c1-7-17-14(6)20-10(12(15)18-8(2)3)11(21-14)13(16)19-9(4)5/h8-11H,7H2,1-6H3. The van der Waals surface area contributed by atoms with Crippen molar-refractivity contribution in [1.29, 1.82) is 0 Å². The third kappa shape index (κ3) is 4.94. The number of carbonyl (C=O) groups is 2. The molecule has 7 nitrogen and oxygen atoms in total. The van der Waals surface area contributed by atoms with Gasteiger partial charge in [-0.1, -0.05) is 0 Å². The van der Waals surface area contributed by atoms with Crippen molar-refractivity contribution in [2.24, 2.45) is 0 Å². The molecule has 21 heavy (non-hydrogen) atoms. The third-order valence-electron chi connectivity index (χ3n) is 2.53. The second-order valence-electron chi connectivity index (χ2n) is 5.34. The minimum atomic E-state index is -1.48. The predicted molar refractivity (Wildman–Crippen MR) is 72.2 cm³/mol. The van der Waals surface area contributed by atoms with Crippen molar-refractivity contribution in [3.05, 3.63) is 0 Å². The lowest BCUT2D eigenvalue weighted by Crippen LogP contribution is -2.40. The molecule has 7 heteroatoms. The lowest BCUT2D eigenvalue weighted by atomic mass is 10.2. The van der Waals surface area contributed by atoms with Crippen LogP contribution in [0.15, 0.2) is 0 Å². The molecule has 0 amide bonds. The average Bonchev–Trinajstić information content (AvgIpc) is 2.66. The van der Waals surface area contributed by atoms with Crippen molar-refractivity contribution >= 4 is 11.9 Å². The summed E-state index contributed by atoms with van der Waals surface area (Å²) in [4.78, 5) is 24.1. The van der Waals surface area contributed by atoms with Crippen LogP contribution in [-0.4, -0.2) is 48.9 Å². The molecule has 0 N–H and O–H groups in total. The highest BCUT2D eigenvalue weighted by Gasteiger charge is 2.54. The number of carbonyl (C=O) groups excluding carboxylic acids is 2. The van der Waals surface area contributed by atoms with Crippen molar-refractivity contribution in [3.8, 4) is 0 Å². The highest BCUT2D eigenvalue weighted by molar-refractivity contribution is 5.86. The fourth-order valence-electron chi connectivity index (χ4n) is 1.89. The second kappa shape index (κ2) is 7.20. The van der Waals surface area contributed by atoms with E-state index < -0.39 is 30.1 Å². The van der Waals surface area contributed by atoms with E-state index in [9.17, 15) is 9.59 Å². The Morgan fingerprint density at radius 2 is 1.38 bits per heavy atom. The van der Waals surface area contributed by atoms with E-state index in [0.29, 0.717) is 6.61 Å². The van der Waals surface area contributed by atoms with Crippen LogP contribution in [0, 0.1) is 0 Å². The summed E-state index contributed by atoms with van der Waals surface area (Å²) in [5.74, 6) is -2.84. The highest BCUT2D eigenvalue weighted by atomic mass is 16.9. The van der Waals surface area contributed by atoms with Crippen molar-refractivity contribution in [1.82, 2.24) is 0 Å². The number of hydrogen-bond acceptors (Lipinski definition) is 7. The van der Waals surface area contributed by atoms with Gasteiger partial charge in [-0.15, -0.1) is 0 Å². The normalized spacial score (nSPS) is 29.0. The molecule has 1 saturated heterocycles. The third-order valence-corrected chi connectivity index (χ3v) is 2.53. The van der Waals surface area contributed by atoms with Gasteiger partial charge in [0.25, 0.3) is 5.97 Å². The summed E-state index contributed by atoms with van der Waals surface area (Å²) in [6.07, 6.45) is -3.09. The Labute approximate surface area is 124 Å². The molecule has 1 rings (SSSR count). The van der Waals surface area contributed by atoms with Gasteiger partial charge in [0.1, 0.15) is 0 Å². The molecule has 1 aliphatic rings. The smallest absolute Gasteiger partial charge is 0.339 e. The Kier molecular flexibility index (Phi) is 6.12. The molecule has 0 bridgehead atoms. The van der Waals surface area contributed by atoms with E-state index >= 15 is 0 Å². The quantitative estimate of drug-likeness (QED) is 0.686. The molecule has 1 aliphatic heterocycles. The molecule has 0 aromatic heterocycles. The fraction of sp³-hybridized carbons (Fsp3) is 0.857. The molecule has 122 valence electrons. The van der Waals surface area contributed by atoms with Gasteiger partial charge in [-0.2, -0.15) is 0 Å². The van der Waals surface area contributed by atoms with Gasteiger partial charge >= 0.3 is 11.9 Å². The Morgan fingerprint density at radius 3 is 1.67 bits per heavy atom. The maximum absolute atomic E-state index is 12.1. The van der Waals surface area contributed by atoms with Crippen LogP contribution in [0.1, 0.15) is 41.5 Å². The summed E-state index contributed by atoms with van der Waals surface area (Å²) in [6, 6.07) is 0. The van der Waals surface area contributed by atoms with E-state index in [1.165, 1.54) is 6.92 Å². The zero-order chi connectivity index (χ0) is 16.2. The zero-order valence-electron chi connectivity index (χ0n) is 13.4. The van der Waals surface area contributed by atoms with Crippen molar-refractivity contribution in [2.75, 3.05) is 6.61 Å². The molecule has 0 aromatic rings. The number of rotatable bonds is 6. The molecule has 0 spiro atoms.